The Morgan fingerprint density at radius 3 is 2.72 bits per heavy atom. The summed E-state index contributed by atoms with van der Waals surface area (Å²) in [6.07, 6.45) is 1.31. The van der Waals surface area contributed by atoms with Gasteiger partial charge in [0.2, 0.25) is 0 Å². The number of nitrogens with zero attached hydrogens (tertiary/aromatic N) is 1. The van der Waals surface area contributed by atoms with E-state index in [2.05, 4.69) is 5.32 Å². The van der Waals surface area contributed by atoms with Crippen molar-refractivity contribution in [1.29, 1.82) is 0 Å². The van der Waals surface area contributed by atoms with Crippen molar-refractivity contribution in [3.05, 3.63) is 51.5 Å². The zero-order valence-electron chi connectivity index (χ0n) is 13.1. The highest BCUT2D eigenvalue weighted by molar-refractivity contribution is 14.1. The van der Waals surface area contributed by atoms with Crippen LogP contribution in [0.15, 0.2) is 46.4 Å². The summed E-state index contributed by atoms with van der Waals surface area (Å²) >= 11 is 1.97. The van der Waals surface area contributed by atoms with Gasteiger partial charge in [-0.2, -0.15) is 0 Å². The Morgan fingerprint density at radius 2 is 2.04 bits per heavy atom. The number of carbonyl (C=O) groups is 3. The Bertz CT molecular complexity index is 887. The van der Waals surface area contributed by atoms with E-state index in [4.69, 9.17) is 9.15 Å². The highest BCUT2D eigenvalue weighted by Crippen LogP contribution is 2.26. The molecule has 1 saturated heterocycles. The molecule has 0 saturated carbocycles. The molecule has 1 fully saturated rings. The van der Waals surface area contributed by atoms with Crippen LogP contribution in [-0.4, -0.2) is 24.5 Å². The average molecular weight is 452 g/mol. The van der Waals surface area contributed by atoms with Gasteiger partial charge in [-0.1, -0.05) is 6.07 Å². The summed E-state index contributed by atoms with van der Waals surface area (Å²) in [6.45, 7) is 2.28. The molecule has 25 heavy (non-hydrogen) atoms. The molecule has 1 N–H and O–H groups in total. The molecule has 0 unspecified atom stereocenters. The fourth-order valence-electron chi connectivity index (χ4n) is 2.32. The van der Waals surface area contributed by atoms with Crippen LogP contribution in [0.2, 0.25) is 0 Å². The number of furan rings is 1. The fraction of sp³-hybridized carbons (Fsp3) is 0.118. The van der Waals surface area contributed by atoms with E-state index in [-0.39, 0.29) is 5.57 Å². The second-order valence-corrected chi connectivity index (χ2v) is 6.09. The van der Waals surface area contributed by atoms with Crippen LogP contribution >= 0.6 is 22.6 Å². The van der Waals surface area contributed by atoms with Crippen LogP contribution < -0.4 is 15.0 Å². The predicted octanol–water partition coefficient (Wildman–Crippen LogP) is 2.95. The van der Waals surface area contributed by atoms with Gasteiger partial charge in [-0.15, -0.1) is 0 Å². The lowest BCUT2D eigenvalue weighted by Gasteiger charge is -2.26. The summed E-state index contributed by atoms with van der Waals surface area (Å²) in [4.78, 5) is 37.8. The highest BCUT2D eigenvalue weighted by atomic mass is 127. The summed E-state index contributed by atoms with van der Waals surface area (Å²) in [5.74, 6) is -0.628. The summed E-state index contributed by atoms with van der Waals surface area (Å²) < 4.78 is 11.4. The molecule has 128 valence electrons. The summed E-state index contributed by atoms with van der Waals surface area (Å²) in [7, 11) is 0. The van der Waals surface area contributed by atoms with Gasteiger partial charge in [-0.25, -0.2) is 9.69 Å². The first-order valence-electron chi connectivity index (χ1n) is 7.39. The average Bonchev–Trinajstić information content (AvgIpc) is 2.97. The minimum Gasteiger partial charge on any atom is -0.494 e. The molecule has 0 radical (unpaired) electrons. The number of imide groups is 2. The minimum atomic E-state index is -0.810. The maximum absolute atomic E-state index is 12.7. The number of carbonyl (C=O) groups excluding carboxylic acids is 3. The number of nitrogens with one attached hydrogen (secondary N) is 1. The van der Waals surface area contributed by atoms with Crippen LogP contribution in [-0.2, 0) is 9.59 Å². The quantitative estimate of drug-likeness (QED) is 0.438. The third-order valence-electron chi connectivity index (χ3n) is 3.37. The number of benzene rings is 1. The van der Waals surface area contributed by atoms with Gasteiger partial charge in [0.25, 0.3) is 11.8 Å². The van der Waals surface area contributed by atoms with Crippen molar-refractivity contribution in [2.45, 2.75) is 6.92 Å². The number of hydrogen-bond acceptors (Lipinski definition) is 5. The van der Waals surface area contributed by atoms with Crippen LogP contribution in [0.1, 0.15) is 12.7 Å². The third kappa shape index (κ3) is 3.58. The number of anilines is 1. The van der Waals surface area contributed by atoms with E-state index in [1.807, 2.05) is 29.5 Å². The first-order chi connectivity index (χ1) is 12.0. The zero-order chi connectivity index (χ0) is 18.0. The summed E-state index contributed by atoms with van der Waals surface area (Å²) in [6, 6.07) is 9.04. The Balaban J connectivity index is 1.98. The molecule has 7 nitrogen and oxygen atoms in total. The van der Waals surface area contributed by atoms with Gasteiger partial charge in [-0.05, 0) is 59.9 Å². The predicted molar refractivity (Wildman–Crippen MR) is 98.0 cm³/mol. The zero-order valence-corrected chi connectivity index (χ0v) is 15.3. The third-order valence-corrected chi connectivity index (χ3v) is 3.95. The lowest BCUT2D eigenvalue weighted by Crippen LogP contribution is -2.54. The molecule has 0 aliphatic carbocycles. The van der Waals surface area contributed by atoms with Gasteiger partial charge >= 0.3 is 6.03 Å². The Kier molecular flexibility index (Phi) is 4.88. The minimum absolute atomic E-state index is 0.188. The van der Waals surface area contributed by atoms with E-state index in [1.54, 1.807) is 36.4 Å². The maximum atomic E-state index is 12.7. The molecular formula is C17H13IN2O5. The van der Waals surface area contributed by atoms with Crippen molar-refractivity contribution in [2.75, 3.05) is 11.5 Å². The topological polar surface area (TPSA) is 88.8 Å². The van der Waals surface area contributed by atoms with Crippen LogP contribution in [0.3, 0.4) is 0 Å². The summed E-state index contributed by atoms with van der Waals surface area (Å²) in [5, 5.41) is 2.16. The van der Waals surface area contributed by atoms with Crippen molar-refractivity contribution in [3.8, 4) is 5.75 Å². The van der Waals surface area contributed by atoms with Crippen LogP contribution in [0.25, 0.3) is 6.08 Å². The Labute approximate surface area is 156 Å². The Hall–Kier alpha value is -2.62. The molecule has 3 rings (SSSR count). The van der Waals surface area contributed by atoms with E-state index in [0.717, 1.165) is 4.90 Å². The second-order valence-electron chi connectivity index (χ2n) is 5.03. The molecule has 1 aliphatic rings. The van der Waals surface area contributed by atoms with Gasteiger partial charge < -0.3 is 9.15 Å². The first kappa shape index (κ1) is 17.2. The van der Waals surface area contributed by atoms with Gasteiger partial charge in [-0.3, -0.25) is 14.9 Å². The molecule has 1 aromatic carbocycles. The van der Waals surface area contributed by atoms with Gasteiger partial charge in [0.15, 0.2) is 3.77 Å². The number of hydrogen-bond donors (Lipinski definition) is 1. The van der Waals surface area contributed by atoms with Crippen molar-refractivity contribution < 1.29 is 23.5 Å². The van der Waals surface area contributed by atoms with E-state index < -0.39 is 17.8 Å². The molecule has 8 heteroatoms. The largest absolute Gasteiger partial charge is 0.494 e. The number of rotatable bonds is 4. The van der Waals surface area contributed by atoms with Crippen LogP contribution in [0.5, 0.6) is 5.75 Å². The van der Waals surface area contributed by atoms with Gasteiger partial charge in [0, 0.05) is 6.07 Å². The standard InChI is InChI=1S/C17H13IN2O5/c1-2-24-11-5-3-4-10(8-11)20-16(22)13(15(21)19-17(20)23)9-12-6-7-14(18)25-12/h3-9H,2H2,1H3,(H,19,21,23)/b13-9+. The molecule has 0 bridgehead atoms. The van der Waals surface area contributed by atoms with Crippen LogP contribution in [0, 0.1) is 3.77 Å². The van der Waals surface area contributed by atoms with E-state index in [9.17, 15) is 14.4 Å². The molecule has 2 aromatic rings. The lowest BCUT2D eigenvalue weighted by molar-refractivity contribution is -0.122. The highest BCUT2D eigenvalue weighted by Gasteiger charge is 2.37. The van der Waals surface area contributed by atoms with Crippen molar-refractivity contribution in [2.24, 2.45) is 0 Å². The number of barbiturate groups is 1. The monoisotopic (exact) mass is 452 g/mol. The smallest absolute Gasteiger partial charge is 0.335 e. The molecule has 0 atom stereocenters. The fourth-order valence-corrected chi connectivity index (χ4v) is 2.75. The molecule has 1 aliphatic heterocycles. The molecule has 0 spiro atoms. The van der Waals surface area contributed by atoms with E-state index in [0.29, 0.717) is 27.6 Å². The Morgan fingerprint density at radius 1 is 1.24 bits per heavy atom. The number of halogens is 1. The number of ether oxygens (including phenoxy) is 1. The molecule has 2 heterocycles. The van der Waals surface area contributed by atoms with Gasteiger partial charge in [0.1, 0.15) is 17.1 Å². The van der Waals surface area contributed by atoms with Crippen LogP contribution in [0.4, 0.5) is 10.5 Å². The van der Waals surface area contributed by atoms with E-state index in [1.165, 1.54) is 6.08 Å². The molecule has 1 aromatic heterocycles. The van der Waals surface area contributed by atoms with Crippen molar-refractivity contribution in [3.63, 3.8) is 0 Å². The summed E-state index contributed by atoms with van der Waals surface area (Å²) in [5.41, 5.74) is 0.119. The first-order valence-corrected chi connectivity index (χ1v) is 8.47. The number of urea groups is 1. The SMILES string of the molecule is CCOc1cccc(N2C(=O)NC(=O)/C(=C\c3ccc(I)o3)C2=O)c1. The maximum Gasteiger partial charge on any atom is 0.335 e. The number of amides is 4. The van der Waals surface area contributed by atoms with Crippen molar-refractivity contribution >= 4 is 52.2 Å². The second kappa shape index (κ2) is 7.09. The lowest BCUT2D eigenvalue weighted by atomic mass is 10.1. The van der Waals surface area contributed by atoms with Gasteiger partial charge in [0.05, 0.1) is 12.3 Å². The molecule has 4 amide bonds. The molecular weight excluding hydrogens is 439 g/mol. The normalized spacial score (nSPS) is 16.3. The van der Waals surface area contributed by atoms with Crippen molar-refractivity contribution in [1.82, 2.24) is 5.32 Å². The van der Waals surface area contributed by atoms with E-state index >= 15 is 0 Å².